The first-order valence-electron chi connectivity index (χ1n) is 11.3. The van der Waals surface area contributed by atoms with Gasteiger partial charge in [0.15, 0.2) is 5.82 Å². The van der Waals surface area contributed by atoms with E-state index in [1.54, 1.807) is 0 Å². The van der Waals surface area contributed by atoms with E-state index in [1.807, 2.05) is 6.07 Å². The number of aromatic nitrogens is 3. The number of fused-ring (bicyclic) bond motifs is 3. The highest BCUT2D eigenvalue weighted by atomic mass is 35.5. The second-order valence-corrected chi connectivity index (χ2v) is 10.4. The number of amides is 1. The number of carbonyl (C=O) groups is 1. The van der Waals surface area contributed by atoms with E-state index >= 15 is 0 Å². The van der Waals surface area contributed by atoms with Gasteiger partial charge in [-0.25, -0.2) is 0 Å². The Morgan fingerprint density at radius 1 is 1.16 bits per heavy atom. The fourth-order valence-corrected chi connectivity index (χ4v) is 6.19. The standard InChI is InChI=1S/C23H28ClN5O2/c1-27-11-16-8-18(24)2-3-19(16)29-20(12-27)25-26-21(29)17-9-23(10-17)13-28(14-23)22(30)15-4-6-31-7-5-15/h2-3,8,15,17H,4-7,9-14H2,1H3. The summed E-state index contributed by atoms with van der Waals surface area (Å²) in [6.07, 6.45) is 3.91. The summed E-state index contributed by atoms with van der Waals surface area (Å²) >= 11 is 6.28. The van der Waals surface area contributed by atoms with Crippen molar-refractivity contribution in [1.82, 2.24) is 24.6 Å². The first-order valence-corrected chi connectivity index (χ1v) is 11.7. The molecule has 0 bridgehead atoms. The SMILES string of the molecule is CN1Cc2cc(Cl)ccc2-n2c(nnc2C2CC3(C2)CN(C(=O)C2CCOCC2)C3)C1. The van der Waals surface area contributed by atoms with Crippen molar-refractivity contribution < 1.29 is 9.53 Å². The van der Waals surface area contributed by atoms with Gasteiger partial charge in [0.2, 0.25) is 5.91 Å². The van der Waals surface area contributed by atoms with Gasteiger partial charge in [-0.15, -0.1) is 10.2 Å². The van der Waals surface area contributed by atoms with Gasteiger partial charge in [-0.3, -0.25) is 14.3 Å². The lowest BCUT2D eigenvalue weighted by Crippen LogP contribution is -2.64. The second kappa shape index (κ2) is 7.29. The maximum atomic E-state index is 12.8. The first kappa shape index (κ1) is 19.7. The number of benzene rings is 1. The third-order valence-electron chi connectivity index (χ3n) is 7.55. The van der Waals surface area contributed by atoms with Crippen LogP contribution in [0.1, 0.15) is 48.8 Å². The molecule has 0 N–H and O–H groups in total. The van der Waals surface area contributed by atoms with E-state index in [2.05, 4.69) is 43.7 Å². The molecule has 7 nitrogen and oxygen atoms in total. The van der Waals surface area contributed by atoms with E-state index in [0.717, 1.165) is 87.4 Å². The van der Waals surface area contributed by atoms with Crippen molar-refractivity contribution in [3.63, 3.8) is 0 Å². The molecule has 1 aromatic carbocycles. The molecule has 1 spiro atoms. The summed E-state index contributed by atoms with van der Waals surface area (Å²) in [5.41, 5.74) is 2.64. The van der Waals surface area contributed by atoms with Gasteiger partial charge in [-0.2, -0.15) is 0 Å². The van der Waals surface area contributed by atoms with Gasteiger partial charge in [0, 0.05) is 55.1 Å². The van der Waals surface area contributed by atoms with E-state index in [0.29, 0.717) is 11.8 Å². The van der Waals surface area contributed by atoms with Crippen LogP contribution in [0.15, 0.2) is 18.2 Å². The van der Waals surface area contributed by atoms with Gasteiger partial charge in [0.1, 0.15) is 5.82 Å². The van der Waals surface area contributed by atoms with Crippen LogP contribution in [-0.4, -0.2) is 63.8 Å². The summed E-state index contributed by atoms with van der Waals surface area (Å²) in [4.78, 5) is 17.1. The Morgan fingerprint density at radius 3 is 2.71 bits per heavy atom. The topological polar surface area (TPSA) is 63.5 Å². The monoisotopic (exact) mass is 441 g/mol. The van der Waals surface area contributed by atoms with Gasteiger partial charge >= 0.3 is 0 Å². The Bertz CT molecular complexity index is 1020. The third-order valence-corrected chi connectivity index (χ3v) is 7.78. The summed E-state index contributed by atoms with van der Waals surface area (Å²) in [5, 5.41) is 9.94. The molecule has 3 fully saturated rings. The minimum atomic E-state index is 0.162. The van der Waals surface area contributed by atoms with Crippen LogP contribution >= 0.6 is 11.6 Å². The Kier molecular flexibility index (Phi) is 4.63. The molecule has 164 valence electrons. The number of hydrogen-bond acceptors (Lipinski definition) is 5. The zero-order chi connectivity index (χ0) is 21.2. The smallest absolute Gasteiger partial charge is 0.225 e. The molecule has 1 amide bonds. The van der Waals surface area contributed by atoms with Crippen LogP contribution in [0.5, 0.6) is 0 Å². The van der Waals surface area contributed by atoms with Crippen LogP contribution in [-0.2, 0) is 22.6 Å². The lowest BCUT2D eigenvalue weighted by molar-refractivity contribution is -0.158. The minimum absolute atomic E-state index is 0.162. The van der Waals surface area contributed by atoms with Gasteiger partial charge in [0.25, 0.3) is 0 Å². The molecule has 1 saturated carbocycles. The van der Waals surface area contributed by atoms with Gasteiger partial charge < -0.3 is 9.64 Å². The van der Waals surface area contributed by atoms with Crippen molar-refractivity contribution in [2.24, 2.45) is 11.3 Å². The van der Waals surface area contributed by atoms with Gasteiger partial charge in [-0.1, -0.05) is 11.6 Å². The molecular weight excluding hydrogens is 414 g/mol. The van der Waals surface area contributed by atoms with Crippen LogP contribution in [0.25, 0.3) is 5.69 Å². The number of rotatable bonds is 2. The molecule has 3 aliphatic heterocycles. The van der Waals surface area contributed by atoms with Crippen LogP contribution in [0.3, 0.4) is 0 Å². The van der Waals surface area contributed by atoms with Gasteiger partial charge in [-0.05, 0) is 56.5 Å². The molecule has 0 unspecified atom stereocenters. The molecule has 6 rings (SSSR count). The van der Waals surface area contributed by atoms with Crippen LogP contribution in [0, 0.1) is 11.3 Å². The molecule has 2 aromatic rings. The Balaban J connectivity index is 1.18. The summed E-state index contributed by atoms with van der Waals surface area (Å²) in [6.45, 7) is 4.85. The van der Waals surface area contributed by atoms with Crippen molar-refractivity contribution in [2.45, 2.75) is 44.7 Å². The molecule has 8 heteroatoms. The van der Waals surface area contributed by atoms with E-state index in [1.165, 1.54) is 5.56 Å². The van der Waals surface area contributed by atoms with Crippen molar-refractivity contribution in [3.8, 4) is 5.69 Å². The Labute approximate surface area is 187 Å². The molecule has 0 radical (unpaired) electrons. The summed E-state index contributed by atoms with van der Waals surface area (Å²) in [7, 11) is 2.10. The highest BCUT2D eigenvalue weighted by Gasteiger charge is 2.55. The van der Waals surface area contributed by atoms with E-state index in [4.69, 9.17) is 16.3 Å². The van der Waals surface area contributed by atoms with Crippen molar-refractivity contribution in [2.75, 3.05) is 33.4 Å². The third kappa shape index (κ3) is 3.29. The lowest BCUT2D eigenvalue weighted by Gasteiger charge is -2.59. The number of likely N-dealkylation sites (tertiary alicyclic amines) is 1. The van der Waals surface area contributed by atoms with Crippen LogP contribution < -0.4 is 0 Å². The molecule has 4 heterocycles. The predicted octanol–water partition coefficient (Wildman–Crippen LogP) is 3.00. The predicted molar refractivity (Wildman–Crippen MR) is 116 cm³/mol. The summed E-state index contributed by atoms with van der Waals surface area (Å²) in [6, 6.07) is 6.10. The number of nitrogens with zero attached hydrogens (tertiary/aromatic N) is 5. The average Bonchev–Trinajstić information content (AvgIpc) is 3.03. The van der Waals surface area contributed by atoms with Crippen molar-refractivity contribution in [1.29, 1.82) is 0 Å². The summed E-state index contributed by atoms with van der Waals surface area (Å²) < 4.78 is 7.67. The lowest BCUT2D eigenvalue weighted by atomic mass is 9.57. The minimum Gasteiger partial charge on any atom is -0.381 e. The first-order chi connectivity index (χ1) is 15.0. The van der Waals surface area contributed by atoms with Crippen molar-refractivity contribution in [3.05, 3.63) is 40.4 Å². The largest absolute Gasteiger partial charge is 0.381 e. The van der Waals surface area contributed by atoms with E-state index < -0.39 is 0 Å². The fourth-order valence-electron chi connectivity index (χ4n) is 5.99. The zero-order valence-electron chi connectivity index (χ0n) is 17.9. The molecule has 0 atom stereocenters. The maximum absolute atomic E-state index is 12.8. The molecule has 2 saturated heterocycles. The zero-order valence-corrected chi connectivity index (χ0v) is 18.6. The van der Waals surface area contributed by atoms with E-state index in [9.17, 15) is 4.79 Å². The number of halogens is 1. The second-order valence-electron chi connectivity index (χ2n) is 9.94. The molecule has 4 aliphatic rings. The molecule has 31 heavy (non-hydrogen) atoms. The highest BCUT2D eigenvalue weighted by Crippen LogP contribution is 2.56. The highest BCUT2D eigenvalue weighted by molar-refractivity contribution is 6.30. The van der Waals surface area contributed by atoms with Crippen LogP contribution in [0.4, 0.5) is 0 Å². The quantitative estimate of drug-likeness (QED) is 0.716. The summed E-state index contributed by atoms with van der Waals surface area (Å²) in [5.74, 6) is 2.95. The molecular formula is C23H28ClN5O2. The number of hydrogen-bond donors (Lipinski definition) is 0. The Hall–Kier alpha value is -1.96. The Morgan fingerprint density at radius 2 is 1.94 bits per heavy atom. The normalized spacial score (nSPS) is 23.6. The van der Waals surface area contributed by atoms with E-state index in [-0.39, 0.29) is 11.3 Å². The molecule has 1 aromatic heterocycles. The fraction of sp³-hybridized carbons (Fsp3) is 0.609. The number of carbonyl (C=O) groups excluding carboxylic acids is 1. The molecule has 1 aliphatic carbocycles. The van der Waals surface area contributed by atoms with Crippen molar-refractivity contribution >= 4 is 17.5 Å². The number of ether oxygens (including phenoxy) is 1. The maximum Gasteiger partial charge on any atom is 0.225 e. The van der Waals surface area contributed by atoms with Gasteiger partial charge in [0.05, 0.1) is 12.2 Å². The average molecular weight is 442 g/mol. The van der Waals surface area contributed by atoms with Crippen LogP contribution in [0.2, 0.25) is 5.02 Å².